The maximum Gasteiger partial charge on any atom is 0.276 e. The van der Waals surface area contributed by atoms with Crippen molar-refractivity contribution >= 4 is 40.7 Å². The van der Waals surface area contributed by atoms with E-state index in [1.807, 2.05) is 18.2 Å². The Balaban J connectivity index is 0.00000272. The van der Waals surface area contributed by atoms with Crippen LogP contribution < -0.4 is 10.6 Å². The monoisotopic (exact) mass is 528 g/mol. The van der Waals surface area contributed by atoms with Crippen molar-refractivity contribution in [3.8, 4) is 11.6 Å². The molecule has 31 heavy (non-hydrogen) atoms. The SMILES string of the molecule is CN=C(NCCc1noc(-c2ccccn2)n1)NC(C)c1cccc2ccccc12.I. The van der Waals surface area contributed by atoms with Crippen LogP contribution in [0.15, 0.2) is 76.4 Å². The number of fused-ring (bicyclic) bond motifs is 1. The first-order valence-corrected chi connectivity index (χ1v) is 9.93. The number of guanidine groups is 1. The largest absolute Gasteiger partial charge is 0.356 e. The van der Waals surface area contributed by atoms with E-state index in [1.54, 1.807) is 13.2 Å². The zero-order valence-corrected chi connectivity index (χ0v) is 19.8. The van der Waals surface area contributed by atoms with Gasteiger partial charge >= 0.3 is 0 Å². The van der Waals surface area contributed by atoms with Crippen molar-refractivity contribution in [3.63, 3.8) is 0 Å². The van der Waals surface area contributed by atoms with E-state index in [4.69, 9.17) is 4.52 Å². The average Bonchev–Trinajstić information content (AvgIpc) is 3.27. The van der Waals surface area contributed by atoms with Crippen molar-refractivity contribution in [1.82, 2.24) is 25.8 Å². The van der Waals surface area contributed by atoms with E-state index in [2.05, 4.69) is 80.1 Å². The average molecular weight is 528 g/mol. The van der Waals surface area contributed by atoms with Crippen LogP contribution in [0.5, 0.6) is 0 Å². The van der Waals surface area contributed by atoms with Gasteiger partial charge in [-0.1, -0.05) is 53.7 Å². The van der Waals surface area contributed by atoms with E-state index < -0.39 is 0 Å². The molecule has 4 rings (SSSR count). The molecule has 8 heteroatoms. The van der Waals surface area contributed by atoms with E-state index in [0.29, 0.717) is 30.4 Å². The van der Waals surface area contributed by atoms with Crippen LogP contribution in [0.3, 0.4) is 0 Å². The van der Waals surface area contributed by atoms with Crippen molar-refractivity contribution < 1.29 is 4.52 Å². The number of hydrogen-bond donors (Lipinski definition) is 2. The lowest BCUT2D eigenvalue weighted by molar-refractivity contribution is 0.421. The quantitative estimate of drug-likeness (QED) is 0.220. The standard InChI is InChI=1S/C23H24N6O.HI/c1-16(18-11-7-9-17-8-3-4-10-19(17)18)27-23(24-2)26-15-13-21-28-22(30-29-21)20-12-5-6-14-25-20;/h3-12,14,16H,13,15H2,1-2H3,(H2,24,26,27);1H. The van der Waals surface area contributed by atoms with Crippen molar-refractivity contribution in [2.24, 2.45) is 4.99 Å². The third kappa shape index (κ3) is 5.57. The molecule has 2 N–H and O–H groups in total. The molecule has 2 aromatic heterocycles. The van der Waals surface area contributed by atoms with Crippen molar-refractivity contribution in [3.05, 3.63) is 78.2 Å². The molecule has 2 heterocycles. The molecular weight excluding hydrogens is 503 g/mol. The zero-order valence-electron chi connectivity index (χ0n) is 17.4. The first-order valence-electron chi connectivity index (χ1n) is 9.93. The van der Waals surface area contributed by atoms with E-state index in [-0.39, 0.29) is 30.0 Å². The molecule has 0 bridgehead atoms. The second kappa shape index (κ2) is 10.9. The Hall–Kier alpha value is -3.01. The summed E-state index contributed by atoms with van der Waals surface area (Å²) >= 11 is 0. The highest BCUT2D eigenvalue weighted by Crippen LogP contribution is 2.23. The predicted octanol–water partition coefficient (Wildman–Crippen LogP) is 4.37. The number of benzene rings is 2. The third-order valence-corrected chi connectivity index (χ3v) is 4.86. The van der Waals surface area contributed by atoms with Crippen molar-refractivity contribution in [1.29, 1.82) is 0 Å². The zero-order chi connectivity index (χ0) is 20.8. The van der Waals surface area contributed by atoms with E-state index in [0.717, 1.165) is 5.96 Å². The molecule has 7 nitrogen and oxygen atoms in total. The van der Waals surface area contributed by atoms with Gasteiger partial charge in [-0.2, -0.15) is 4.98 Å². The molecule has 1 unspecified atom stereocenters. The van der Waals surface area contributed by atoms with Crippen LogP contribution in [0.1, 0.15) is 24.4 Å². The normalized spacial score (nSPS) is 12.3. The summed E-state index contributed by atoms with van der Waals surface area (Å²) in [5.41, 5.74) is 1.90. The smallest absolute Gasteiger partial charge is 0.276 e. The Morgan fingerprint density at radius 2 is 1.87 bits per heavy atom. The molecular formula is C23H25IN6O. The molecule has 1 atom stereocenters. The lowest BCUT2D eigenvalue weighted by Gasteiger charge is -2.19. The Morgan fingerprint density at radius 1 is 1.06 bits per heavy atom. The molecule has 0 aliphatic rings. The molecule has 0 saturated heterocycles. The minimum absolute atomic E-state index is 0. The van der Waals surface area contributed by atoms with Gasteiger partial charge < -0.3 is 15.2 Å². The van der Waals surface area contributed by atoms with Crippen LogP contribution >= 0.6 is 24.0 Å². The van der Waals surface area contributed by atoms with Crippen molar-refractivity contribution in [2.45, 2.75) is 19.4 Å². The number of aliphatic imine (C=N–C) groups is 1. The first kappa shape index (κ1) is 22.7. The topological polar surface area (TPSA) is 88.2 Å². The van der Waals surface area contributed by atoms with Gasteiger partial charge in [0.05, 0.1) is 6.04 Å². The number of rotatable bonds is 6. The van der Waals surface area contributed by atoms with Gasteiger partial charge in [-0.25, -0.2) is 0 Å². The Morgan fingerprint density at radius 3 is 2.68 bits per heavy atom. The van der Waals surface area contributed by atoms with Gasteiger partial charge in [0.2, 0.25) is 0 Å². The summed E-state index contributed by atoms with van der Waals surface area (Å²) in [6.45, 7) is 2.76. The van der Waals surface area contributed by atoms with Gasteiger partial charge in [-0.05, 0) is 35.4 Å². The van der Waals surface area contributed by atoms with E-state index in [9.17, 15) is 0 Å². The molecule has 160 valence electrons. The summed E-state index contributed by atoms with van der Waals surface area (Å²) in [6, 6.07) is 20.4. The minimum atomic E-state index is 0. The van der Waals surface area contributed by atoms with Gasteiger partial charge in [0.15, 0.2) is 11.8 Å². The lowest BCUT2D eigenvalue weighted by Crippen LogP contribution is -2.39. The highest BCUT2D eigenvalue weighted by atomic mass is 127. The van der Waals surface area contributed by atoms with Crippen LogP contribution in [0.25, 0.3) is 22.4 Å². The Kier molecular flexibility index (Phi) is 7.94. The maximum absolute atomic E-state index is 5.30. The van der Waals surface area contributed by atoms with Crippen LogP contribution in [0.4, 0.5) is 0 Å². The van der Waals surface area contributed by atoms with Gasteiger partial charge in [0.25, 0.3) is 5.89 Å². The summed E-state index contributed by atoms with van der Waals surface area (Å²) in [4.78, 5) is 13.0. The summed E-state index contributed by atoms with van der Waals surface area (Å²) in [6.07, 6.45) is 2.31. The van der Waals surface area contributed by atoms with Crippen LogP contribution in [-0.4, -0.2) is 34.7 Å². The number of halogens is 1. The molecule has 0 aliphatic heterocycles. The van der Waals surface area contributed by atoms with Crippen LogP contribution in [0.2, 0.25) is 0 Å². The third-order valence-electron chi connectivity index (χ3n) is 4.86. The predicted molar refractivity (Wildman–Crippen MR) is 134 cm³/mol. The number of pyridine rings is 1. The summed E-state index contributed by atoms with van der Waals surface area (Å²) in [5, 5.41) is 13.3. The molecule has 0 radical (unpaired) electrons. The molecule has 0 amide bonds. The highest BCUT2D eigenvalue weighted by Gasteiger charge is 2.12. The molecule has 0 aliphatic carbocycles. The summed E-state index contributed by atoms with van der Waals surface area (Å²) in [5.74, 6) is 1.78. The summed E-state index contributed by atoms with van der Waals surface area (Å²) in [7, 11) is 1.76. The fraction of sp³-hybridized carbons (Fsp3) is 0.217. The van der Waals surface area contributed by atoms with Crippen LogP contribution in [-0.2, 0) is 6.42 Å². The summed E-state index contributed by atoms with van der Waals surface area (Å²) < 4.78 is 5.30. The van der Waals surface area contributed by atoms with E-state index >= 15 is 0 Å². The van der Waals surface area contributed by atoms with Gasteiger partial charge in [0.1, 0.15) is 5.69 Å². The van der Waals surface area contributed by atoms with Gasteiger partial charge in [-0.3, -0.25) is 9.98 Å². The second-order valence-electron chi connectivity index (χ2n) is 6.91. The number of aromatic nitrogens is 3. The molecule has 4 aromatic rings. The maximum atomic E-state index is 5.30. The Bertz CT molecular complexity index is 1140. The highest BCUT2D eigenvalue weighted by molar-refractivity contribution is 14.0. The minimum Gasteiger partial charge on any atom is -0.356 e. The fourth-order valence-corrected chi connectivity index (χ4v) is 3.35. The molecule has 2 aromatic carbocycles. The lowest BCUT2D eigenvalue weighted by atomic mass is 10.00. The second-order valence-corrected chi connectivity index (χ2v) is 6.91. The molecule has 0 fully saturated rings. The first-order chi connectivity index (χ1) is 14.7. The number of nitrogens with zero attached hydrogens (tertiary/aromatic N) is 4. The van der Waals surface area contributed by atoms with Gasteiger partial charge in [-0.15, -0.1) is 24.0 Å². The molecule has 0 spiro atoms. The van der Waals surface area contributed by atoms with Crippen molar-refractivity contribution in [2.75, 3.05) is 13.6 Å². The number of hydrogen-bond acceptors (Lipinski definition) is 5. The van der Waals surface area contributed by atoms with Crippen LogP contribution in [0, 0.1) is 0 Å². The van der Waals surface area contributed by atoms with Gasteiger partial charge in [0, 0.05) is 26.2 Å². The number of nitrogens with one attached hydrogen (secondary N) is 2. The van der Waals surface area contributed by atoms with E-state index in [1.165, 1.54) is 16.3 Å². The fourth-order valence-electron chi connectivity index (χ4n) is 3.35. The molecule has 0 saturated carbocycles. The Labute approximate surface area is 198 Å².